The Balaban J connectivity index is 1.84. The molecule has 0 spiro atoms. The number of aromatic nitrogens is 3. The van der Waals surface area contributed by atoms with E-state index < -0.39 is 0 Å². The predicted octanol–water partition coefficient (Wildman–Crippen LogP) is 1.47. The molecule has 0 aromatic carbocycles. The summed E-state index contributed by atoms with van der Waals surface area (Å²) in [6.07, 6.45) is 7.14. The third-order valence-electron chi connectivity index (χ3n) is 4.24. The quantitative estimate of drug-likeness (QED) is 0.931. The summed E-state index contributed by atoms with van der Waals surface area (Å²) < 4.78 is 1.65. The Bertz CT molecular complexity index is 640. The SMILES string of the molecule is CC1CCN(C(=O)c2ccnc(-n3cccn3)c2)C(CN)C1. The highest BCUT2D eigenvalue weighted by molar-refractivity contribution is 5.94. The van der Waals surface area contributed by atoms with Crippen LogP contribution in [0.2, 0.25) is 0 Å². The van der Waals surface area contributed by atoms with E-state index in [9.17, 15) is 4.79 Å². The van der Waals surface area contributed by atoms with Crippen molar-refractivity contribution >= 4 is 5.91 Å². The van der Waals surface area contributed by atoms with Crippen LogP contribution in [0.15, 0.2) is 36.8 Å². The molecule has 0 aliphatic carbocycles. The summed E-state index contributed by atoms with van der Waals surface area (Å²) in [7, 11) is 0. The number of likely N-dealkylation sites (tertiary alicyclic amines) is 1. The number of amides is 1. The van der Waals surface area contributed by atoms with E-state index in [0.717, 1.165) is 19.4 Å². The number of hydrogen-bond donors (Lipinski definition) is 1. The molecule has 1 saturated heterocycles. The number of hydrogen-bond acceptors (Lipinski definition) is 4. The molecule has 2 aromatic heterocycles. The molecule has 1 fully saturated rings. The van der Waals surface area contributed by atoms with Gasteiger partial charge in [0.15, 0.2) is 5.82 Å². The standard InChI is InChI=1S/C16H21N5O/c1-12-4-8-20(14(9-12)11-17)16(22)13-3-6-18-15(10-13)21-7-2-5-19-21/h2-3,5-7,10,12,14H,4,8-9,11,17H2,1H3. The summed E-state index contributed by atoms with van der Waals surface area (Å²) >= 11 is 0. The molecule has 0 saturated carbocycles. The van der Waals surface area contributed by atoms with Crippen molar-refractivity contribution in [2.45, 2.75) is 25.8 Å². The van der Waals surface area contributed by atoms with Crippen LogP contribution < -0.4 is 5.73 Å². The molecule has 3 heterocycles. The van der Waals surface area contributed by atoms with Crippen LogP contribution in [0.1, 0.15) is 30.1 Å². The maximum atomic E-state index is 12.8. The van der Waals surface area contributed by atoms with E-state index in [2.05, 4.69) is 17.0 Å². The van der Waals surface area contributed by atoms with Gasteiger partial charge in [-0.05, 0) is 37.0 Å². The molecule has 6 nitrogen and oxygen atoms in total. The molecule has 0 radical (unpaired) electrons. The summed E-state index contributed by atoms with van der Waals surface area (Å²) in [4.78, 5) is 19.0. The van der Waals surface area contributed by atoms with E-state index in [-0.39, 0.29) is 11.9 Å². The smallest absolute Gasteiger partial charge is 0.254 e. The lowest BCUT2D eigenvalue weighted by atomic mass is 9.92. The van der Waals surface area contributed by atoms with Crippen LogP contribution in [0.3, 0.4) is 0 Å². The average Bonchev–Trinajstić information content (AvgIpc) is 3.08. The highest BCUT2D eigenvalue weighted by atomic mass is 16.2. The van der Waals surface area contributed by atoms with Gasteiger partial charge < -0.3 is 10.6 Å². The molecule has 0 bridgehead atoms. The van der Waals surface area contributed by atoms with E-state index >= 15 is 0 Å². The average molecular weight is 299 g/mol. The van der Waals surface area contributed by atoms with Gasteiger partial charge in [0.1, 0.15) is 0 Å². The van der Waals surface area contributed by atoms with Crippen molar-refractivity contribution in [3.63, 3.8) is 0 Å². The molecule has 3 rings (SSSR count). The van der Waals surface area contributed by atoms with Crippen molar-refractivity contribution in [2.75, 3.05) is 13.1 Å². The molecule has 2 unspecified atom stereocenters. The van der Waals surface area contributed by atoms with Crippen molar-refractivity contribution < 1.29 is 4.79 Å². The molecule has 6 heteroatoms. The zero-order valence-corrected chi connectivity index (χ0v) is 12.7. The lowest BCUT2D eigenvalue weighted by Gasteiger charge is -2.38. The first-order chi connectivity index (χ1) is 10.7. The van der Waals surface area contributed by atoms with Gasteiger partial charge in [-0.1, -0.05) is 6.92 Å². The van der Waals surface area contributed by atoms with Gasteiger partial charge in [0.05, 0.1) is 0 Å². The second-order valence-corrected chi connectivity index (χ2v) is 5.87. The molecular formula is C16H21N5O. The van der Waals surface area contributed by atoms with Crippen LogP contribution >= 0.6 is 0 Å². The number of rotatable bonds is 3. The summed E-state index contributed by atoms with van der Waals surface area (Å²) in [6, 6.07) is 5.48. The van der Waals surface area contributed by atoms with Crippen LogP contribution in [0, 0.1) is 5.92 Å². The fourth-order valence-electron chi connectivity index (χ4n) is 2.99. The van der Waals surface area contributed by atoms with Gasteiger partial charge in [0.2, 0.25) is 0 Å². The number of pyridine rings is 1. The molecule has 2 atom stereocenters. The Kier molecular flexibility index (Phi) is 4.20. The fraction of sp³-hybridized carbons (Fsp3) is 0.438. The van der Waals surface area contributed by atoms with E-state index in [0.29, 0.717) is 23.8 Å². The highest BCUT2D eigenvalue weighted by Gasteiger charge is 2.29. The third-order valence-corrected chi connectivity index (χ3v) is 4.24. The van der Waals surface area contributed by atoms with Crippen molar-refractivity contribution in [3.05, 3.63) is 42.4 Å². The van der Waals surface area contributed by atoms with Crippen molar-refractivity contribution in [2.24, 2.45) is 11.7 Å². The number of nitrogens with zero attached hydrogens (tertiary/aromatic N) is 4. The lowest BCUT2D eigenvalue weighted by Crippen LogP contribution is -2.49. The predicted molar refractivity (Wildman–Crippen MR) is 83.6 cm³/mol. The fourth-order valence-corrected chi connectivity index (χ4v) is 2.99. The molecular weight excluding hydrogens is 278 g/mol. The summed E-state index contributed by atoms with van der Waals surface area (Å²) in [5.41, 5.74) is 6.49. The largest absolute Gasteiger partial charge is 0.334 e. The zero-order valence-electron chi connectivity index (χ0n) is 12.7. The number of nitrogens with two attached hydrogens (primary N) is 1. The van der Waals surface area contributed by atoms with Gasteiger partial charge in [0.25, 0.3) is 5.91 Å². The highest BCUT2D eigenvalue weighted by Crippen LogP contribution is 2.23. The van der Waals surface area contributed by atoms with E-state index in [1.165, 1.54) is 0 Å². The van der Waals surface area contributed by atoms with Crippen LogP contribution in [-0.2, 0) is 0 Å². The van der Waals surface area contributed by atoms with Crippen LogP contribution in [0.5, 0.6) is 0 Å². The summed E-state index contributed by atoms with van der Waals surface area (Å²) in [5.74, 6) is 1.29. The van der Waals surface area contributed by atoms with Gasteiger partial charge in [-0.2, -0.15) is 5.10 Å². The number of piperidine rings is 1. The summed E-state index contributed by atoms with van der Waals surface area (Å²) in [5, 5.41) is 4.15. The third kappa shape index (κ3) is 2.87. The molecule has 2 aromatic rings. The van der Waals surface area contributed by atoms with Crippen LogP contribution in [0.25, 0.3) is 5.82 Å². The minimum absolute atomic E-state index is 0.0261. The monoisotopic (exact) mass is 299 g/mol. The Morgan fingerprint density at radius 2 is 2.32 bits per heavy atom. The molecule has 116 valence electrons. The Morgan fingerprint density at radius 1 is 1.45 bits per heavy atom. The van der Waals surface area contributed by atoms with Crippen LogP contribution in [-0.4, -0.2) is 44.7 Å². The van der Waals surface area contributed by atoms with Crippen molar-refractivity contribution in [3.8, 4) is 5.82 Å². The summed E-state index contributed by atoms with van der Waals surface area (Å²) in [6.45, 7) is 3.49. The van der Waals surface area contributed by atoms with Crippen molar-refractivity contribution in [1.29, 1.82) is 0 Å². The first kappa shape index (κ1) is 14.7. The normalized spacial score (nSPS) is 21.8. The van der Waals surface area contributed by atoms with Gasteiger partial charge in [-0.3, -0.25) is 4.79 Å². The molecule has 1 aliphatic rings. The van der Waals surface area contributed by atoms with Gasteiger partial charge in [-0.25, -0.2) is 9.67 Å². The topological polar surface area (TPSA) is 77.0 Å². The minimum Gasteiger partial charge on any atom is -0.334 e. The maximum Gasteiger partial charge on any atom is 0.254 e. The first-order valence-electron chi connectivity index (χ1n) is 7.66. The second-order valence-electron chi connectivity index (χ2n) is 5.87. The Morgan fingerprint density at radius 3 is 3.05 bits per heavy atom. The zero-order chi connectivity index (χ0) is 15.5. The van der Waals surface area contributed by atoms with Gasteiger partial charge in [-0.15, -0.1) is 0 Å². The number of carbonyl (C=O) groups is 1. The van der Waals surface area contributed by atoms with E-state index in [4.69, 9.17) is 5.73 Å². The second kappa shape index (κ2) is 6.27. The number of carbonyl (C=O) groups excluding carboxylic acids is 1. The Labute approximate surface area is 129 Å². The van der Waals surface area contributed by atoms with E-state index in [1.807, 2.05) is 17.2 Å². The molecule has 22 heavy (non-hydrogen) atoms. The maximum absolute atomic E-state index is 12.8. The van der Waals surface area contributed by atoms with Crippen LogP contribution in [0.4, 0.5) is 0 Å². The van der Waals surface area contributed by atoms with Gasteiger partial charge in [0, 0.05) is 43.3 Å². The minimum atomic E-state index is 0.0261. The lowest BCUT2D eigenvalue weighted by molar-refractivity contribution is 0.0573. The first-order valence-corrected chi connectivity index (χ1v) is 7.66. The van der Waals surface area contributed by atoms with Gasteiger partial charge >= 0.3 is 0 Å². The molecule has 1 aliphatic heterocycles. The molecule has 1 amide bonds. The Hall–Kier alpha value is -2.21. The van der Waals surface area contributed by atoms with Crippen molar-refractivity contribution in [1.82, 2.24) is 19.7 Å². The molecule has 2 N–H and O–H groups in total. The van der Waals surface area contributed by atoms with E-state index in [1.54, 1.807) is 29.2 Å².